The number of hydrogen-bond acceptors (Lipinski definition) is 7. The van der Waals surface area contributed by atoms with Gasteiger partial charge in [-0.1, -0.05) is 0 Å². The zero-order chi connectivity index (χ0) is 13.8. The van der Waals surface area contributed by atoms with Crippen LogP contribution in [0.25, 0.3) is 0 Å². The Morgan fingerprint density at radius 1 is 1.53 bits per heavy atom. The van der Waals surface area contributed by atoms with E-state index in [0.717, 1.165) is 18.3 Å². The van der Waals surface area contributed by atoms with E-state index in [1.807, 2.05) is 6.07 Å². The van der Waals surface area contributed by atoms with Crippen LogP contribution in [-0.2, 0) is 4.74 Å². The predicted molar refractivity (Wildman–Crippen MR) is 75.7 cm³/mol. The third-order valence-corrected chi connectivity index (χ3v) is 3.50. The normalized spacial score (nSPS) is 16.2. The fourth-order valence-corrected chi connectivity index (χ4v) is 2.22. The van der Waals surface area contributed by atoms with Crippen molar-refractivity contribution in [3.05, 3.63) is 6.07 Å². The summed E-state index contributed by atoms with van der Waals surface area (Å²) < 4.78 is 5.17. The number of hydrazine groups is 1. The van der Waals surface area contributed by atoms with Crippen LogP contribution < -0.4 is 21.9 Å². The lowest BCUT2D eigenvalue weighted by Crippen LogP contribution is -2.38. The molecule has 0 radical (unpaired) electrons. The van der Waals surface area contributed by atoms with Crippen molar-refractivity contribution < 1.29 is 4.74 Å². The Morgan fingerprint density at radius 3 is 2.84 bits per heavy atom. The maximum absolute atomic E-state index is 5.72. The van der Waals surface area contributed by atoms with Gasteiger partial charge < -0.3 is 20.8 Å². The van der Waals surface area contributed by atoms with Gasteiger partial charge in [-0.2, -0.15) is 9.97 Å². The van der Waals surface area contributed by atoms with E-state index < -0.39 is 0 Å². The maximum atomic E-state index is 5.72. The van der Waals surface area contributed by atoms with Gasteiger partial charge in [0.2, 0.25) is 5.95 Å². The zero-order valence-electron chi connectivity index (χ0n) is 11.5. The van der Waals surface area contributed by atoms with Gasteiger partial charge in [0, 0.05) is 25.8 Å². The average molecular weight is 266 g/mol. The van der Waals surface area contributed by atoms with Crippen molar-refractivity contribution in [1.82, 2.24) is 9.97 Å². The molecule has 1 heterocycles. The molecule has 7 nitrogen and oxygen atoms in total. The van der Waals surface area contributed by atoms with Crippen LogP contribution in [0.1, 0.15) is 19.8 Å². The first-order chi connectivity index (χ1) is 9.15. The van der Waals surface area contributed by atoms with Gasteiger partial charge >= 0.3 is 0 Å². The van der Waals surface area contributed by atoms with Crippen LogP contribution in [0.4, 0.5) is 17.6 Å². The van der Waals surface area contributed by atoms with Crippen molar-refractivity contribution in [1.29, 1.82) is 0 Å². The molecule has 1 saturated carbocycles. The lowest BCUT2D eigenvalue weighted by atomic mass is 10.2. The number of nitrogen functional groups attached to an aromatic ring is 2. The van der Waals surface area contributed by atoms with Crippen molar-refractivity contribution in [2.24, 2.45) is 11.8 Å². The molecule has 0 saturated heterocycles. The van der Waals surface area contributed by atoms with Crippen molar-refractivity contribution in [3.8, 4) is 0 Å². The Labute approximate surface area is 113 Å². The van der Waals surface area contributed by atoms with Crippen LogP contribution in [0.2, 0.25) is 0 Å². The van der Waals surface area contributed by atoms with Gasteiger partial charge in [-0.05, 0) is 25.7 Å². The van der Waals surface area contributed by atoms with Gasteiger partial charge in [-0.15, -0.1) is 0 Å². The molecule has 7 heteroatoms. The van der Waals surface area contributed by atoms with E-state index in [2.05, 4.69) is 27.2 Å². The number of nitrogens with zero attached hydrogens (tertiary/aromatic N) is 3. The van der Waals surface area contributed by atoms with E-state index in [1.54, 1.807) is 7.11 Å². The van der Waals surface area contributed by atoms with Crippen LogP contribution in [0, 0.1) is 5.92 Å². The van der Waals surface area contributed by atoms with E-state index >= 15 is 0 Å². The Morgan fingerprint density at radius 2 is 2.26 bits per heavy atom. The topological polar surface area (TPSA) is 102 Å². The smallest absolute Gasteiger partial charge is 0.223 e. The fraction of sp³-hybridized carbons (Fsp3) is 0.667. The number of anilines is 3. The number of methoxy groups -OCH3 is 1. The minimum atomic E-state index is 0.218. The molecule has 5 N–H and O–H groups in total. The van der Waals surface area contributed by atoms with Crippen LogP contribution in [0.3, 0.4) is 0 Å². The molecular weight excluding hydrogens is 244 g/mol. The van der Waals surface area contributed by atoms with Gasteiger partial charge in [0.05, 0.1) is 6.61 Å². The molecule has 1 unspecified atom stereocenters. The Kier molecular flexibility index (Phi) is 4.39. The summed E-state index contributed by atoms with van der Waals surface area (Å²) in [6, 6.07) is 2.22. The number of hydrogen-bond donors (Lipinski definition) is 3. The minimum absolute atomic E-state index is 0.218. The molecule has 1 aromatic heterocycles. The van der Waals surface area contributed by atoms with Crippen molar-refractivity contribution in [3.63, 3.8) is 0 Å². The number of rotatable bonds is 7. The number of aromatic nitrogens is 2. The zero-order valence-corrected chi connectivity index (χ0v) is 11.5. The highest BCUT2D eigenvalue weighted by atomic mass is 16.5. The summed E-state index contributed by atoms with van der Waals surface area (Å²) in [5.74, 6) is 7.65. The average Bonchev–Trinajstić information content (AvgIpc) is 3.22. The highest BCUT2D eigenvalue weighted by Crippen LogP contribution is 2.36. The molecule has 0 aromatic carbocycles. The standard InChI is InChI=1S/C12H22N6O/c1-8(9-3-4-9)18(5-6-19-2)11-7-10(17-14)15-12(13)16-11/h7-9H,3-6,14H2,1-2H3,(H3,13,15,16,17). The quantitative estimate of drug-likeness (QED) is 0.490. The van der Waals surface area contributed by atoms with Gasteiger partial charge in [-0.25, -0.2) is 5.84 Å². The van der Waals surface area contributed by atoms with Crippen molar-refractivity contribution >= 4 is 17.6 Å². The molecule has 0 bridgehead atoms. The summed E-state index contributed by atoms with van der Waals surface area (Å²) in [6.07, 6.45) is 2.54. The number of nitrogens with two attached hydrogens (primary N) is 2. The van der Waals surface area contributed by atoms with E-state index in [9.17, 15) is 0 Å². The molecule has 19 heavy (non-hydrogen) atoms. The second-order valence-electron chi connectivity index (χ2n) is 4.88. The van der Waals surface area contributed by atoms with E-state index in [-0.39, 0.29) is 5.95 Å². The molecule has 0 spiro atoms. The SMILES string of the molecule is COCCN(c1cc(NN)nc(N)n1)C(C)C1CC1. The highest BCUT2D eigenvalue weighted by Gasteiger charge is 2.32. The molecule has 0 amide bonds. The molecule has 1 aliphatic rings. The van der Waals surface area contributed by atoms with Gasteiger partial charge in [0.15, 0.2) is 0 Å². The summed E-state index contributed by atoms with van der Waals surface area (Å²) in [4.78, 5) is 10.5. The Hall–Kier alpha value is -1.60. The first kappa shape index (κ1) is 13.8. The molecule has 0 aliphatic heterocycles. The second kappa shape index (κ2) is 6.03. The largest absolute Gasteiger partial charge is 0.383 e. The first-order valence-corrected chi connectivity index (χ1v) is 6.52. The minimum Gasteiger partial charge on any atom is -0.383 e. The molecule has 2 rings (SSSR count). The lowest BCUT2D eigenvalue weighted by Gasteiger charge is -2.30. The third kappa shape index (κ3) is 3.45. The summed E-state index contributed by atoms with van der Waals surface area (Å²) >= 11 is 0. The van der Waals surface area contributed by atoms with E-state index in [0.29, 0.717) is 18.5 Å². The molecule has 1 aromatic rings. The maximum Gasteiger partial charge on any atom is 0.223 e. The van der Waals surface area contributed by atoms with Crippen molar-refractivity contribution in [2.75, 3.05) is 36.3 Å². The second-order valence-corrected chi connectivity index (χ2v) is 4.88. The highest BCUT2D eigenvalue weighted by molar-refractivity contribution is 5.52. The molecule has 1 atom stereocenters. The molecule has 1 fully saturated rings. The third-order valence-electron chi connectivity index (χ3n) is 3.50. The fourth-order valence-electron chi connectivity index (χ4n) is 2.22. The molecule has 1 aliphatic carbocycles. The summed E-state index contributed by atoms with van der Waals surface area (Å²) in [7, 11) is 1.70. The molecular formula is C12H22N6O. The summed E-state index contributed by atoms with van der Waals surface area (Å²) in [5, 5.41) is 0. The van der Waals surface area contributed by atoms with Gasteiger partial charge in [-0.3, -0.25) is 0 Å². The predicted octanol–water partition coefficient (Wildman–Crippen LogP) is 0.596. The van der Waals surface area contributed by atoms with Gasteiger partial charge in [0.25, 0.3) is 0 Å². The van der Waals surface area contributed by atoms with Crippen LogP contribution in [0.5, 0.6) is 0 Å². The van der Waals surface area contributed by atoms with Crippen LogP contribution in [-0.4, -0.2) is 36.3 Å². The van der Waals surface area contributed by atoms with Crippen molar-refractivity contribution in [2.45, 2.75) is 25.8 Å². The van der Waals surface area contributed by atoms with Crippen LogP contribution >= 0.6 is 0 Å². The first-order valence-electron chi connectivity index (χ1n) is 6.52. The number of ether oxygens (including phenoxy) is 1. The number of nitrogens with one attached hydrogen (secondary N) is 1. The van der Waals surface area contributed by atoms with E-state index in [4.69, 9.17) is 16.3 Å². The summed E-state index contributed by atoms with van der Waals surface area (Å²) in [5.41, 5.74) is 8.23. The monoisotopic (exact) mass is 266 g/mol. The summed E-state index contributed by atoms with van der Waals surface area (Å²) in [6.45, 7) is 3.63. The van der Waals surface area contributed by atoms with Gasteiger partial charge in [0.1, 0.15) is 11.6 Å². The van der Waals surface area contributed by atoms with E-state index in [1.165, 1.54) is 12.8 Å². The van der Waals surface area contributed by atoms with Crippen LogP contribution in [0.15, 0.2) is 6.07 Å². The molecule has 106 valence electrons. The Bertz CT molecular complexity index is 423. The Balaban J connectivity index is 2.22. The lowest BCUT2D eigenvalue weighted by molar-refractivity contribution is 0.202.